The van der Waals surface area contributed by atoms with Crippen LogP contribution in [0.4, 0.5) is 0 Å². The molecule has 0 amide bonds. The number of carbonyl (C=O) groups excluding carboxylic acids is 1. The van der Waals surface area contributed by atoms with Crippen LogP contribution in [0, 0.1) is 18.3 Å². The summed E-state index contributed by atoms with van der Waals surface area (Å²) in [6.45, 7) is 12.3. The smallest absolute Gasteiger partial charge is 0.201 e. The van der Waals surface area contributed by atoms with Crippen LogP contribution in [-0.4, -0.2) is 15.3 Å². The average molecular weight is 300 g/mol. The molecule has 0 radical (unpaired) electrons. The third-order valence-corrected chi connectivity index (χ3v) is 4.67. The SMILES string of the molecule is CCn1cc(C(=O)C(C)(C)C(C)C)c(=O)c2ccc(C)nc21. The van der Waals surface area contributed by atoms with Gasteiger partial charge in [0, 0.05) is 23.9 Å². The molecule has 0 spiro atoms. The third kappa shape index (κ3) is 2.58. The number of aryl methyl sites for hydroxylation is 2. The number of hydrogen-bond donors (Lipinski definition) is 0. The van der Waals surface area contributed by atoms with E-state index in [-0.39, 0.29) is 22.7 Å². The van der Waals surface area contributed by atoms with Crippen LogP contribution in [0.5, 0.6) is 0 Å². The highest BCUT2D eigenvalue weighted by molar-refractivity contribution is 6.02. The van der Waals surface area contributed by atoms with Crippen molar-refractivity contribution in [1.29, 1.82) is 0 Å². The lowest BCUT2D eigenvalue weighted by Gasteiger charge is -2.27. The molecule has 2 heterocycles. The maximum absolute atomic E-state index is 12.9. The lowest BCUT2D eigenvalue weighted by atomic mass is 9.75. The molecule has 0 atom stereocenters. The summed E-state index contributed by atoms with van der Waals surface area (Å²) in [5.74, 6) is 0.0542. The van der Waals surface area contributed by atoms with Crippen molar-refractivity contribution >= 4 is 16.8 Å². The van der Waals surface area contributed by atoms with Crippen LogP contribution in [0.1, 0.15) is 50.7 Å². The van der Waals surface area contributed by atoms with E-state index in [9.17, 15) is 9.59 Å². The van der Waals surface area contributed by atoms with Gasteiger partial charge >= 0.3 is 0 Å². The number of rotatable bonds is 4. The van der Waals surface area contributed by atoms with Crippen molar-refractivity contribution in [2.75, 3.05) is 0 Å². The predicted octanol–water partition coefficient (Wildman–Crippen LogP) is 3.59. The summed E-state index contributed by atoms with van der Waals surface area (Å²) < 4.78 is 1.88. The van der Waals surface area contributed by atoms with E-state index in [1.54, 1.807) is 12.3 Å². The molecular weight excluding hydrogens is 276 g/mol. The summed E-state index contributed by atoms with van der Waals surface area (Å²) in [6.07, 6.45) is 1.67. The van der Waals surface area contributed by atoms with Gasteiger partial charge in [0.1, 0.15) is 5.65 Å². The highest BCUT2D eigenvalue weighted by Crippen LogP contribution is 2.30. The van der Waals surface area contributed by atoms with Crippen molar-refractivity contribution in [1.82, 2.24) is 9.55 Å². The Morgan fingerprint density at radius 1 is 1.32 bits per heavy atom. The minimum absolute atomic E-state index is 0.0998. The van der Waals surface area contributed by atoms with Crippen LogP contribution in [0.25, 0.3) is 11.0 Å². The van der Waals surface area contributed by atoms with Crippen LogP contribution < -0.4 is 5.43 Å². The number of hydrogen-bond acceptors (Lipinski definition) is 3. The molecule has 0 bridgehead atoms. The zero-order valence-electron chi connectivity index (χ0n) is 14.2. The van der Waals surface area contributed by atoms with Gasteiger partial charge in [-0.1, -0.05) is 27.7 Å². The first-order valence-corrected chi connectivity index (χ1v) is 7.75. The third-order valence-electron chi connectivity index (χ3n) is 4.67. The van der Waals surface area contributed by atoms with E-state index >= 15 is 0 Å². The number of ketones is 1. The summed E-state index contributed by atoms with van der Waals surface area (Å²) in [5, 5.41) is 0.512. The Kier molecular flexibility index (Phi) is 4.23. The number of fused-ring (bicyclic) bond motifs is 1. The van der Waals surface area contributed by atoms with Gasteiger partial charge in [-0.25, -0.2) is 4.98 Å². The first-order chi connectivity index (χ1) is 10.2. The van der Waals surface area contributed by atoms with E-state index in [1.165, 1.54) is 0 Å². The fraction of sp³-hybridized carbons (Fsp3) is 0.500. The molecule has 0 aliphatic rings. The fourth-order valence-electron chi connectivity index (χ4n) is 2.37. The standard InChI is InChI=1S/C18H24N2O2/c1-7-20-10-14(16(22)18(5,6)11(2)3)15(21)13-9-8-12(4)19-17(13)20/h8-11H,7H2,1-6H3. The van der Waals surface area contributed by atoms with Crippen molar-refractivity contribution in [2.24, 2.45) is 11.3 Å². The Hall–Kier alpha value is -1.97. The van der Waals surface area contributed by atoms with Gasteiger partial charge in [0.2, 0.25) is 5.43 Å². The summed E-state index contributed by atoms with van der Waals surface area (Å²) in [7, 11) is 0. The predicted molar refractivity (Wildman–Crippen MR) is 89.4 cm³/mol. The van der Waals surface area contributed by atoms with E-state index in [0.717, 1.165) is 5.69 Å². The van der Waals surface area contributed by atoms with Crippen LogP contribution in [-0.2, 0) is 6.54 Å². The largest absolute Gasteiger partial charge is 0.332 e. The Bertz CT molecular complexity index is 786. The molecule has 0 N–H and O–H groups in total. The van der Waals surface area contributed by atoms with Crippen LogP contribution >= 0.6 is 0 Å². The Balaban J connectivity index is 2.77. The molecule has 2 aromatic rings. The van der Waals surface area contributed by atoms with Crippen LogP contribution in [0.15, 0.2) is 23.1 Å². The molecule has 0 fully saturated rings. The van der Waals surface area contributed by atoms with Crippen molar-refractivity contribution in [3.05, 3.63) is 39.8 Å². The summed E-state index contributed by atoms with van der Waals surface area (Å²) in [5.41, 5.74) is 0.975. The van der Waals surface area contributed by atoms with Crippen LogP contribution in [0.3, 0.4) is 0 Å². The molecule has 118 valence electrons. The van der Waals surface area contributed by atoms with Gasteiger partial charge in [-0.05, 0) is 31.9 Å². The molecular formula is C18H24N2O2. The molecule has 0 saturated heterocycles. The first-order valence-electron chi connectivity index (χ1n) is 7.75. The summed E-state index contributed by atoms with van der Waals surface area (Å²) in [6, 6.07) is 3.58. The molecule has 0 saturated carbocycles. The van der Waals surface area contributed by atoms with Gasteiger partial charge in [-0.3, -0.25) is 9.59 Å². The van der Waals surface area contributed by atoms with Gasteiger partial charge in [-0.2, -0.15) is 0 Å². The van der Waals surface area contributed by atoms with E-state index in [1.807, 2.05) is 52.2 Å². The normalized spacial score (nSPS) is 12.1. The molecule has 2 rings (SSSR count). The minimum Gasteiger partial charge on any atom is -0.332 e. The maximum Gasteiger partial charge on any atom is 0.201 e. The molecule has 4 heteroatoms. The highest BCUT2D eigenvalue weighted by atomic mass is 16.1. The maximum atomic E-state index is 12.9. The van der Waals surface area contributed by atoms with Crippen LogP contribution in [0.2, 0.25) is 0 Å². The second-order valence-electron chi connectivity index (χ2n) is 6.69. The molecule has 4 nitrogen and oxygen atoms in total. The number of pyridine rings is 2. The fourth-order valence-corrected chi connectivity index (χ4v) is 2.37. The molecule has 0 unspecified atom stereocenters. The number of nitrogens with zero attached hydrogens (tertiary/aromatic N) is 2. The van der Waals surface area contributed by atoms with E-state index < -0.39 is 5.41 Å². The Morgan fingerprint density at radius 3 is 2.50 bits per heavy atom. The topological polar surface area (TPSA) is 52.0 Å². The lowest BCUT2D eigenvalue weighted by Crippen LogP contribution is -2.34. The minimum atomic E-state index is -0.573. The first kappa shape index (κ1) is 16.4. The zero-order valence-corrected chi connectivity index (χ0v) is 14.2. The second-order valence-corrected chi connectivity index (χ2v) is 6.69. The zero-order chi connectivity index (χ0) is 16.7. The summed E-state index contributed by atoms with van der Waals surface area (Å²) in [4.78, 5) is 30.1. The van der Waals surface area contributed by atoms with Gasteiger partial charge in [0.05, 0.1) is 10.9 Å². The van der Waals surface area contributed by atoms with Gasteiger partial charge in [0.15, 0.2) is 5.78 Å². The average Bonchev–Trinajstić information content (AvgIpc) is 2.46. The Morgan fingerprint density at radius 2 is 1.95 bits per heavy atom. The van der Waals surface area contributed by atoms with E-state index in [4.69, 9.17) is 0 Å². The second kappa shape index (κ2) is 5.67. The lowest BCUT2D eigenvalue weighted by molar-refractivity contribution is 0.0770. The van der Waals surface area contributed by atoms with Crippen molar-refractivity contribution in [2.45, 2.75) is 48.1 Å². The molecule has 2 aromatic heterocycles. The highest BCUT2D eigenvalue weighted by Gasteiger charge is 2.34. The summed E-state index contributed by atoms with van der Waals surface area (Å²) >= 11 is 0. The van der Waals surface area contributed by atoms with Crippen molar-refractivity contribution in [3.8, 4) is 0 Å². The van der Waals surface area contributed by atoms with Gasteiger partial charge in [0.25, 0.3) is 0 Å². The van der Waals surface area contributed by atoms with Gasteiger partial charge < -0.3 is 4.57 Å². The number of carbonyl (C=O) groups is 1. The number of Topliss-reactive ketones (excluding diaryl/α,β-unsaturated/α-hetero) is 1. The van der Waals surface area contributed by atoms with E-state index in [2.05, 4.69) is 4.98 Å². The number of aromatic nitrogens is 2. The van der Waals surface area contributed by atoms with Gasteiger partial charge in [-0.15, -0.1) is 0 Å². The van der Waals surface area contributed by atoms with Crippen molar-refractivity contribution in [3.63, 3.8) is 0 Å². The molecule has 0 aliphatic heterocycles. The van der Waals surface area contributed by atoms with E-state index in [0.29, 0.717) is 17.6 Å². The van der Waals surface area contributed by atoms with Crippen molar-refractivity contribution < 1.29 is 4.79 Å². The Labute approximate surface area is 131 Å². The quantitative estimate of drug-likeness (QED) is 0.811. The molecule has 22 heavy (non-hydrogen) atoms. The monoisotopic (exact) mass is 300 g/mol. The molecule has 0 aromatic carbocycles. The molecule has 0 aliphatic carbocycles.